The van der Waals surface area contributed by atoms with Gasteiger partial charge in [-0.3, -0.25) is 0 Å². The molecule has 3 N–H and O–H groups in total. The molecule has 148 valence electrons. The number of hydrogen-bond acceptors (Lipinski definition) is 5. The zero-order chi connectivity index (χ0) is 19.8. The Morgan fingerprint density at radius 3 is 2.56 bits per heavy atom. The van der Waals surface area contributed by atoms with E-state index in [1.807, 2.05) is 26.8 Å². The van der Waals surface area contributed by atoms with Crippen LogP contribution in [0, 0.1) is 0 Å². The van der Waals surface area contributed by atoms with Gasteiger partial charge in [-0.05, 0) is 81.5 Å². The molecule has 6 heteroatoms. The van der Waals surface area contributed by atoms with Gasteiger partial charge in [0, 0.05) is 0 Å². The minimum Gasteiger partial charge on any atom is -0.467 e. The van der Waals surface area contributed by atoms with E-state index in [9.17, 15) is 9.59 Å². The second kappa shape index (κ2) is 7.15. The predicted molar refractivity (Wildman–Crippen MR) is 102 cm³/mol. The molecule has 1 aromatic rings. The van der Waals surface area contributed by atoms with E-state index in [-0.39, 0.29) is 6.04 Å². The number of carbonyl (C=O) groups excluding carboxylic acids is 2. The fourth-order valence-corrected chi connectivity index (χ4v) is 4.21. The van der Waals surface area contributed by atoms with Gasteiger partial charge >= 0.3 is 12.1 Å². The Kier molecular flexibility index (Phi) is 5.21. The molecule has 2 aliphatic rings. The van der Waals surface area contributed by atoms with Crippen molar-refractivity contribution in [2.24, 2.45) is 5.73 Å². The first-order valence-electron chi connectivity index (χ1n) is 9.67. The summed E-state index contributed by atoms with van der Waals surface area (Å²) in [4.78, 5) is 24.7. The number of ether oxygens (including phenoxy) is 2. The van der Waals surface area contributed by atoms with Gasteiger partial charge in [0.2, 0.25) is 0 Å². The van der Waals surface area contributed by atoms with Crippen molar-refractivity contribution in [3.8, 4) is 0 Å². The highest BCUT2D eigenvalue weighted by Crippen LogP contribution is 2.40. The van der Waals surface area contributed by atoms with E-state index in [1.165, 1.54) is 12.7 Å². The number of hydrogen-bond donors (Lipinski definition) is 2. The van der Waals surface area contributed by atoms with Crippen LogP contribution in [0.3, 0.4) is 0 Å². The fourth-order valence-electron chi connectivity index (χ4n) is 4.21. The maximum atomic E-state index is 12.4. The number of fused-ring (bicyclic) bond motifs is 2. The molecule has 0 fully saturated rings. The molecule has 27 heavy (non-hydrogen) atoms. The van der Waals surface area contributed by atoms with E-state index in [1.54, 1.807) is 0 Å². The molecule has 0 spiro atoms. The number of rotatable bonds is 2. The lowest BCUT2D eigenvalue weighted by atomic mass is 9.73. The summed E-state index contributed by atoms with van der Waals surface area (Å²) in [5, 5.41) is 2.99. The number of alkyl carbamates (subject to hydrolysis) is 1. The minimum atomic E-state index is -1.12. The Hall–Kier alpha value is -2.08. The maximum absolute atomic E-state index is 12.4. The van der Waals surface area contributed by atoms with Crippen LogP contribution in [0.2, 0.25) is 0 Å². The number of carbonyl (C=O) groups is 2. The van der Waals surface area contributed by atoms with Crippen LogP contribution in [-0.4, -0.2) is 24.8 Å². The summed E-state index contributed by atoms with van der Waals surface area (Å²) in [6.45, 7) is 5.53. The lowest BCUT2D eigenvalue weighted by molar-refractivity contribution is -0.148. The number of amides is 1. The average molecular weight is 374 g/mol. The summed E-state index contributed by atoms with van der Waals surface area (Å²) < 4.78 is 10.4. The highest BCUT2D eigenvalue weighted by molar-refractivity contribution is 5.83. The normalized spacial score (nSPS) is 24.4. The topological polar surface area (TPSA) is 90.6 Å². The third kappa shape index (κ3) is 3.95. The number of nitrogens with two attached hydrogens (primary N) is 1. The summed E-state index contributed by atoms with van der Waals surface area (Å²) in [6, 6.07) is 4.04. The average Bonchev–Trinajstić information content (AvgIpc) is 2.58. The van der Waals surface area contributed by atoms with Gasteiger partial charge < -0.3 is 20.5 Å². The molecule has 1 amide bonds. The Labute approximate surface area is 160 Å². The molecule has 3 rings (SSSR count). The zero-order valence-corrected chi connectivity index (χ0v) is 16.7. The van der Waals surface area contributed by atoms with Gasteiger partial charge in [0.05, 0.1) is 13.2 Å². The van der Waals surface area contributed by atoms with Gasteiger partial charge in [-0.2, -0.15) is 0 Å². The van der Waals surface area contributed by atoms with E-state index in [0.29, 0.717) is 6.42 Å². The second-order valence-corrected chi connectivity index (χ2v) is 8.62. The number of benzene rings is 1. The smallest absolute Gasteiger partial charge is 0.408 e. The van der Waals surface area contributed by atoms with E-state index >= 15 is 0 Å². The Morgan fingerprint density at radius 1 is 1.19 bits per heavy atom. The first kappa shape index (κ1) is 19.7. The first-order valence-corrected chi connectivity index (χ1v) is 9.67. The molecule has 0 saturated heterocycles. The van der Waals surface area contributed by atoms with Crippen molar-refractivity contribution in [2.45, 2.75) is 76.5 Å². The summed E-state index contributed by atoms with van der Waals surface area (Å²) in [6.07, 6.45) is 4.70. The number of methoxy groups -OCH3 is 1. The predicted octanol–water partition coefficient (Wildman–Crippen LogP) is 3.25. The number of aryl methyl sites for hydroxylation is 2. The molecule has 6 nitrogen and oxygen atoms in total. The molecule has 0 unspecified atom stereocenters. The van der Waals surface area contributed by atoms with Gasteiger partial charge in [0.1, 0.15) is 11.1 Å². The van der Waals surface area contributed by atoms with Crippen LogP contribution in [0.15, 0.2) is 12.1 Å². The van der Waals surface area contributed by atoms with Crippen molar-refractivity contribution < 1.29 is 19.1 Å². The first-order chi connectivity index (χ1) is 12.6. The monoisotopic (exact) mass is 374 g/mol. The molecule has 0 saturated carbocycles. The Morgan fingerprint density at radius 2 is 1.89 bits per heavy atom. The van der Waals surface area contributed by atoms with Crippen LogP contribution in [0.1, 0.15) is 74.8 Å². The molecule has 0 radical (unpaired) electrons. The van der Waals surface area contributed by atoms with Crippen molar-refractivity contribution >= 4 is 12.1 Å². The van der Waals surface area contributed by atoms with Crippen molar-refractivity contribution in [1.29, 1.82) is 0 Å². The number of nitrogens with one attached hydrogen (secondary N) is 1. The fraction of sp³-hybridized carbons (Fsp3) is 0.619. The lowest BCUT2D eigenvalue weighted by Crippen LogP contribution is -2.48. The van der Waals surface area contributed by atoms with Crippen LogP contribution in [0.4, 0.5) is 4.79 Å². The Balaban J connectivity index is 1.95. The van der Waals surface area contributed by atoms with Crippen LogP contribution in [0.5, 0.6) is 0 Å². The molecule has 0 heterocycles. The van der Waals surface area contributed by atoms with Gasteiger partial charge in [0.25, 0.3) is 0 Å². The van der Waals surface area contributed by atoms with E-state index in [4.69, 9.17) is 15.2 Å². The highest BCUT2D eigenvalue weighted by atomic mass is 16.6. The molecule has 2 aliphatic carbocycles. The highest BCUT2D eigenvalue weighted by Gasteiger charge is 2.42. The van der Waals surface area contributed by atoms with Gasteiger partial charge in [-0.25, -0.2) is 9.59 Å². The van der Waals surface area contributed by atoms with Gasteiger partial charge in [-0.15, -0.1) is 0 Å². The zero-order valence-electron chi connectivity index (χ0n) is 16.7. The largest absolute Gasteiger partial charge is 0.467 e. The lowest BCUT2D eigenvalue weighted by Gasteiger charge is -2.36. The molecule has 0 bridgehead atoms. The molecule has 0 aliphatic heterocycles. The molecular formula is C21H30N2O4. The van der Waals surface area contributed by atoms with Crippen LogP contribution < -0.4 is 11.1 Å². The summed E-state index contributed by atoms with van der Waals surface area (Å²) in [5.41, 5.74) is 9.03. The van der Waals surface area contributed by atoms with Crippen LogP contribution in [-0.2, 0) is 32.6 Å². The third-order valence-electron chi connectivity index (χ3n) is 5.42. The van der Waals surface area contributed by atoms with Crippen molar-refractivity contribution in [3.63, 3.8) is 0 Å². The van der Waals surface area contributed by atoms with E-state index in [2.05, 4.69) is 11.4 Å². The van der Waals surface area contributed by atoms with Gasteiger partial charge in [-0.1, -0.05) is 12.1 Å². The van der Waals surface area contributed by atoms with Crippen molar-refractivity contribution in [2.75, 3.05) is 7.11 Å². The quantitative estimate of drug-likeness (QED) is 0.776. The van der Waals surface area contributed by atoms with Crippen molar-refractivity contribution in [3.05, 3.63) is 34.4 Å². The summed E-state index contributed by atoms with van der Waals surface area (Å²) >= 11 is 0. The maximum Gasteiger partial charge on any atom is 0.408 e. The van der Waals surface area contributed by atoms with Gasteiger partial charge in [0.15, 0.2) is 0 Å². The molecular weight excluding hydrogens is 344 g/mol. The summed E-state index contributed by atoms with van der Waals surface area (Å²) in [5.74, 6) is -0.407. The summed E-state index contributed by atoms with van der Waals surface area (Å²) in [7, 11) is 1.37. The standard InChI is InChI=1S/C21H30N2O4/c1-20(2,3)27-19(25)23-17-9-5-7-13-11-14-8-6-10-21(22,18(24)26-4)16(14)12-15(13)17/h11-12,17H,5-10,22H2,1-4H3,(H,23,25)/t17-,21-/m0/s1. The SMILES string of the molecule is COC(=O)[C@]1(N)CCCc2cc3c(cc21)[C@@H](NC(=O)OC(C)(C)C)CCC3. The number of esters is 1. The minimum absolute atomic E-state index is 0.141. The molecule has 2 atom stereocenters. The van der Waals surface area contributed by atoms with E-state index < -0.39 is 23.2 Å². The Bertz CT molecular complexity index is 753. The second-order valence-electron chi connectivity index (χ2n) is 8.62. The molecule has 1 aromatic carbocycles. The van der Waals surface area contributed by atoms with E-state index in [0.717, 1.165) is 48.8 Å². The van der Waals surface area contributed by atoms with Crippen molar-refractivity contribution in [1.82, 2.24) is 5.32 Å². The van der Waals surface area contributed by atoms with Crippen LogP contribution >= 0.6 is 0 Å². The molecule has 0 aromatic heterocycles. The van der Waals surface area contributed by atoms with Crippen LogP contribution in [0.25, 0.3) is 0 Å². The third-order valence-corrected chi connectivity index (χ3v) is 5.42.